The first kappa shape index (κ1) is 12.0. The fraction of sp³-hybridized carbons (Fsp3) is 1.00. The maximum atomic E-state index is 5.49. The zero-order chi connectivity index (χ0) is 10.4. The number of rotatable bonds is 5. The van der Waals surface area contributed by atoms with E-state index in [1.807, 2.05) is 7.11 Å². The predicted octanol–water partition coefficient (Wildman–Crippen LogP) is 1.10. The smallest absolute Gasteiger partial charge is 0.0724 e. The topological polar surface area (TPSA) is 24.5 Å². The molecule has 0 aliphatic heterocycles. The van der Waals surface area contributed by atoms with Gasteiger partial charge in [-0.1, -0.05) is 12.8 Å². The van der Waals surface area contributed by atoms with Crippen molar-refractivity contribution in [3.05, 3.63) is 0 Å². The highest BCUT2D eigenvalue weighted by Gasteiger charge is 2.23. The maximum Gasteiger partial charge on any atom is 0.0724 e. The molecule has 0 aromatic heterocycles. The van der Waals surface area contributed by atoms with E-state index in [4.69, 9.17) is 4.74 Å². The quantitative estimate of drug-likeness (QED) is 0.719. The zero-order valence-corrected chi connectivity index (χ0v) is 9.75. The fourth-order valence-electron chi connectivity index (χ4n) is 2.09. The molecule has 0 spiro atoms. The van der Waals surface area contributed by atoms with Crippen LogP contribution < -0.4 is 5.32 Å². The van der Waals surface area contributed by atoms with Crippen molar-refractivity contribution in [1.29, 1.82) is 0 Å². The first-order valence-corrected chi connectivity index (χ1v) is 5.65. The van der Waals surface area contributed by atoms with Gasteiger partial charge >= 0.3 is 0 Å². The number of hydrogen-bond donors (Lipinski definition) is 1. The van der Waals surface area contributed by atoms with Gasteiger partial charge in [0.05, 0.1) is 6.10 Å². The summed E-state index contributed by atoms with van der Waals surface area (Å²) in [6.45, 7) is 2.17. The van der Waals surface area contributed by atoms with Gasteiger partial charge in [0.25, 0.3) is 0 Å². The molecule has 84 valence electrons. The Bertz CT molecular complexity index is 150. The minimum Gasteiger partial charge on any atom is -0.380 e. The Morgan fingerprint density at radius 1 is 1.29 bits per heavy atom. The number of nitrogens with zero attached hydrogens (tertiary/aromatic N) is 1. The van der Waals surface area contributed by atoms with Crippen LogP contribution in [0.5, 0.6) is 0 Å². The van der Waals surface area contributed by atoms with Gasteiger partial charge < -0.3 is 15.0 Å². The standard InChI is InChI=1S/C11H24N2O/c1-13(2)9-8-12-10-6-4-5-7-11(10)14-3/h10-12H,4-9H2,1-3H3. The van der Waals surface area contributed by atoms with Crippen LogP contribution in [0.1, 0.15) is 25.7 Å². The molecule has 1 aliphatic carbocycles. The van der Waals surface area contributed by atoms with Gasteiger partial charge in [0.15, 0.2) is 0 Å². The van der Waals surface area contributed by atoms with E-state index in [0.29, 0.717) is 12.1 Å². The minimum absolute atomic E-state index is 0.436. The van der Waals surface area contributed by atoms with Gasteiger partial charge in [-0.05, 0) is 26.9 Å². The van der Waals surface area contributed by atoms with E-state index in [1.54, 1.807) is 0 Å². The molecule has 0 saturated heterocycles. The molecule has 1 N–H and O–H groups in total. The molecule has 3 heteroatoms. The second-order valence-electron chi connectivity index (χ2n) is 4.42. The third-order valence-electron chi connectivity index (χ3n) is 2.97. The van der Waals surface area contributed by atoms with E-state index < -0.39 is 0 Å². The molecule has 1 aliphatic rings. The molecule has 0 aromatic rings. The van der Waals surface area contributed by atoms with E-state index in [9.17, 15) is 0 Å². The van der Waals surface area contributed by atoms with Gasteiger partial charge in [0.1, 0.15) is 0 Å². The van der Waals surface area contributed by atoms with E-state index in [1.165, 1.54) is 25.7 Å². The largest absolute Gasteiger partial charge is 0.380 e. The highest BCUT2D eigenvalue weighted by molar-refractivity contribution is 4.81. The molecule has 3 nitrogen and oxygen atoms in total. The molecular weight excluding hydrogens is 176 g/mol. The van der Waals surface area contributed by atoms with Gasteiger partial charge in [-0.3, -0.25) is 0 Å². The summed E-state index contributed by atoms with van der Waals surface area (Å²) in [5.41, 5.74) is 0. The number of hydrogen-bond acceptors (Lipinski definition) is 3. The summed E-state index contributed by atoms with van der Waals surface area (Å²) in [6.07, 6.45) is 5.59. The Kier molecular flexibility index (Phi) is 5.45. The molecule has 0 radical (unpaired) electrons. The molecule has 1 rings (SSSR count). The second kappa shape index (κ2) is 6.38. The van der Waals surface area contributed by atoms with Crippen LogP contribution in [0.2, 0.25) is 0 Å². The first-order chi connectivity index (χ1) is 6.74. The summed E-state index contributed by atoms with van der Waals surface area (Å²) in [5.74, 6) is 0. The Morgan fingerprint density at radius 3 is 2.64 bits per heavy atom. The Hall–Kier alpha value is -0.120. The molecule has 0 amide bonds. The third kappa shape index (κ3) is 3.95. The van der Waals surface area contributed by atoms with Crippen LogP contribution in [0.4, 0.5) is 0 Å². The van der Waals surface area contributed by atoms with Gasteiger partial charge in [0.2, 0.25) is 0 Å². The van der Waals surface area contributed by atoms with Crippen molar-refractivity contribution in [2.24, 2.45) is 0 Å². The van der Waals surface area contributed by atoms with Crippen LogP contribution in [0.3, 0.4) is 0 Å². The molecule has 0 heterocycles. The van der Waals surface area contributed by atoms with Gasteiger partial charge in [-0.2, -0.15) is 0 Å². The van der Waals surface area contributed by atoms with Crippen molar-refractivity contribution in [3.63, 3.8) is 0 Å². The van der Waals surface area contributed by atoms with Gasteiger partial charge in [-0.15, -0.1) is 0 Å². The predicted molar refractivity (Wildman–Crippen MR) is 59.6 cm³/mol. The summed E-state index contributed by atoms with van der Waals surface area (Å²) in [5, 5.41) is 3.59. The average Bonchev–Trinajstić information content (AvgIpc) is 2.18. The summed E-state index contributed by atoms with van der Waals surface area (Å²) in [7, 11) is 6.04. The zero-order valence-electron chi connectivity index (χ0n) is 9.75. The molecule has 1 saturated carbocycles. The molecule has 14 heavy (non-hydrogen) atoms. The van der Waals surface area contributed by atoms with Crippen LogP contribution in [-0.4, -0.2) is 51.3 Å². The van der Waals surface area contributed by atoms with Crippen LogP contribution in [-0.2, 0) is 4.74 Å². The Labute approximate surface area is 87.8 Å². The lowest BCUT2D eigenvalue weighted by molar-refractivity contribution is 0.0415. The molecule has 0 aromatic carbocycles. The van der Waals surface area contributed by atoms with Gasteiger partial charge in [-0.25, -0.2) is 0 Å². The Morgan fingerprint density at radius 2 is 2.00 bits per heavy atom. The van der Waals surface area contributed by atoms with Crippen LogP contribution in [0, 0.1) is 0 Å². The van der Waals surface area contributed by atoms with Crippen LogP contribution in [0.25, 0.3) is 0 Å². The molecule has 0 bridgehead atoms. The van der Waals surface area contributed by atoms with Crippen LogP contribution in [0.15, 0.2) is 0 Å². The number of likely N-dealkylation sites (N-methyl/N-ethyl adjacent to an activating group) is 1. The summed E-state index contributed by atoms with van der Waals surface area (Å²) < 4.78 is 5.49. The van der Waals surface area contributed by atoms with Crippen molar-refractivity contribution in [2.75, 3.05) is 34.3 Å². The SMILES string of the molecule is COC1CCCCC1NCCN(C)C. The third-order valence-corrected chi connectivity index (χ3v) is 2.97. The van der Waals surface area contributed by atoms with Crippen molar-refractivity contribution < 1.29 is 4.74 Å². The normalized spacial score (nSPS) is 28.3. The van der Waals surface area contributed by atoms with E-state index >= 15 is 0 Å². The number of ether oxygens (including phenoxy) is 1. The lowest BCUT2D eigenvalue weighted by Crippen LogP contribution is -2.45. The van der Waals surface area contributed by atoms with Crippen molar-refractivity contribution in [2.45, 2.75) is 37.8 Å². The molecule has 2 atom stereocenters. The summed E-state index contributed by atoms with van der Waals surface area (Å²) in [4.78, 5) is 2.21. The lowest BCUT2D eigenvalue weighted by atomic mass is 9.92. The molecular formula is C11H24N2O. The van der Waals surface area contributed by atoms with Crippen LogP contribution >= 0.6 is 0 Å². The summed E-state index contributed by atoms with van der Waals surface area (Å²) in [6, 6.07) is 0.577. The summed E-state index contributed by atoms with van der Waals surface area (Å²) >= 11 is 0. The highest BCUT2D eigenvalue weighted by atomic mass is 16.5. The first-order valence-electron chi connectivity index (χ1n) is 5.65. The van der Waals surface area contributed by atoms with E-state index in [2.05, 4.69) is 24.3 Å². The molecule has 1 fully saturated rings. The van der Waals surface area contributed by atoms with Crippen molar-refractivity contribution in [1.82, 2.24) is 10.2 Å². The number of methoxy groups -OCH3 is 1. The van der Waals surface area contributed by atoms with E-state index in [0.717, 1.165) is 13.1 Å². The second-order valence-corrected chi connectivity index (χ2v) is 4.42. The number of nitrogens with one attached hydrogen (secondary N) is 1. The average molecular weight is 200 g/mol. The van der Waals surface area contributed by atoms with E-state index in [-0.39, 0.29) is 0 Å². The van der Waals surface area contributed by atoms with Crippen molar-refractivity contribution in [3.8, 4) is 0 Å². The molecule has 2 unspecified atom stereocenters. The highest BCUT2D eigenvalue weighted by Crippen LogP contribution is 2.20. The van der Waals surface area contributed by atoms with Gasteiger partial charge in [0, 0.05) is 26.2 Å². The monoisotopic (exact) mass is 200 g/mol. The lowest BCUT2D eigenvalue weighted by Gasteiger charge is -2.31. The maximum absolute atomic E-state index is 5.49. The van der Waals surface area contributed by atoms with Crippen molar-refractivity contribution >= 4 is 0 Å². The Balaban J connectivity index is 2.19. The minimum atomic E-state index is 0.436. The fourth-order valence-corrected chi connectivity index (χ4v) is 2.09.